The molecule has 0 bridgehead atoms. The number of rotatable bonds is 6. The molecule has 0 radical (unpaired) electrons. The van der Waals surface area contributed by atoms with Gasteiger partial charge in [0.25, 0.3) is 0 Å². The molecule has 0 saturated carbocycles. The van der Waals surface area contributed by atoms with E-state index in [1.807, 2.05) is 11.9 Å². The van der Waals surface area contributed by atoms with Crippen molar-refractivity contribution in [1.29, 1.82) is 0 Å². The fourth-order valence-corrected chi connectivity index (χ4v) is 3.41. The Hall–Kier alpha value is -2.40. The maximum atomic E-state index is 12.9. The Kier molecular flexibility index (Phi) is 6.23. The van der Waals surface area contributed by atoms with Crippen molar-refractivity contribution >= 4 is 17.3 Å². The van der Waals surface area contributed by atoms with Crippen LogP contribution in [0.25, 0.3) is 0 Å². The van der Waals surface area contributed by atoms with Gasteiger partial charge in [-0.05, 0) is 62.2 Å². The van der Waals surface area contributed by atoms with Crippen molar-refractivity contribution < 1.29 is 9.18 Å². The van der Waals surface area contributed by atoms with Crippen LogP contribution in [0.1, 0.15) is 24.8 Å². The van der Waals surface area contributed by atoms with Crippen LogP contribution in [0.2, 0.25) is 0 Å². The number of benzene rings is 2. The molecule has 1 N–H and O–H groups in total. The highest BCUT2D eigenvalue weighted by Crippen LogP contribution is 2.25. The normalized spacial score (nSPS) is 14.5. The summed E-state index contributed by atoms with van der Waals surface area (Å²) in [7, 11) is 1.94. The highest BCUT2D eigenvalue weighted by molar-refractivity contribution is 5.92. The van der Waals surface area contributed by atoms with Gasteiger partial charge in [-0.1, -0.05) is 18.2 Å². The van der Waals surface area contributed by atoms with Crippen molar-refractivity contribution in [3.63, 3.8) is 0 Å². The number of para-hydroxylation sites is 1. The predicted octanol–water partition coefficient (Wildman–Crippen LogP) is 3.89. The summed E-state index contributed by atoms with van der Waals surface area (Å²) in [6.45, 7) is 3.20. The molecule has 138 valence electrons. The van der Waals surface area contributed by atoms with Gasteiger partial charge in [0.2, 0.25) is 5.91 Å². The van der Waals surface area contributed by atoms with Crippen LogP contribution in [-0.2, 0) is 11.3 Å². The largest absolute Gasteiger partial charge is 0.371 e. The molecule has 0 aromatic heterocycles. The highest BCUT2D eigenvalue weighted by Gasteiger charge is 2.16. The Labute approximate surface area is 154 Å². The van der Waals surface area contributed by atoms with E-state index in [1.54, 1.807) is 12.1 Å². The monoisotopic (exact) mass is 355 g/mol. The van der Waals surface area contributed by atoms with Crippen molar-refractivity contribution in [3.8, 4) is 0 Å². The summed E-state index contributed by atoms with van der Waals surface area (Å²) >= 11 is 0. The zero-order valence-corrected chi connectivity index (χ0v) is 15.2. The van der Waals surface area contributed by atoms with Gasteiger partial charge >= 0.3 is 0 Å². The summed E-state index contributed by atoms with van der Waals surface area (Å²) in [4.78, 5) is 16.7. The van der Waals surface area contributed by atoms with Crippen LogP contribution >= 0.6 is 0 Å². The number of hydrogen-bond acceptors (Lipinski definition) is 3. The lowest BCUT2D eigenvalue weighted by Gasteiger charge is -2.31. The van der Waals surface area contributed by atoms with Gasteiger partial charge in [0.15, 0.2) is 0 Å². The van der Waals surface area contributed by atoms with E-state index in [-0.39, 0.29) is 18.3 Å². The van der Waals surface area contributed by atoms with E-state index in [0.717, 1.165) is 13.1 Å². The Morgan fingerprint density at radius 3 is 2.50 bits per heavy atom. The van der Waals surface area contributed by atoms with Gasteiger partial charge in [-0.15, -0.1) is 0 Å². The zero-order valence-electron chi connectivity index (χ0n) is 15.2. The molecular weight excluding hydrogens is 329 g/mol. The van der Waals surface area contributed by atoms with Gasteiger partial charge in [0, 0.05) is 31.0 Å². The highest BCUT2D eigenvalue weighted by atomic mass is 19.1. The van der Waals surface area contributed by atoms with Gasteiger partial charge < -0.3 is 10.2 Å². The van der Waals surface area contributed by atoms with Gasteiger partial charge in [-0.3, -0.25) is 9.69 Å². The number of amides is 1. The number of piperidine rings is 1. The smallest absolute Gasteiger partial charge is 0.238 e. The second kappa shape index (κ2) is 8.81. The topological polar surface area (TPSA) is 35.6 Å². The molecule has 5 heteroatoms. The van der Waals surface area contributed by atoms with E-state index in [0.29, 0.717) is 12.2 Å². The van der Waals surface area contributed by atoms with E-state index >= 15 is 0 Å². The SMILES string of the molecule is CN(CC(=O)Nc1ccc(F)cc1)Cc1ccccc1N1CCCCC1. The molecule has 0 unspecified atom stereocenters. The number of nitrogens with one attached hydrogen (secondary N) is 1. The molecule has 0 spiro atoms. The first-order valence-electron chi connectivity index (χ1n) is 9.18. The molecular formula is C21H26FN3O. The van der Waals surface area contributed by atoms with Crippen LogP contribution in [0.4, 0.5) is 15.8 Å². The minimum absolute atomic E-state index is 0.102. The van der Waals surface area contributed by atoms with Crippen LogP contribution in [0, 0.1) is 5.82 Å². The van der Waals surface area contributed by atoms with Crippen LogP contribution < -0.4 is 10.2 Å². The third-order valence-electron chi connectivity index (χ3n) is 4.67. The van der Waals surface area contributed by atoms with Crippen molar-refractivity contribution in [2.75, 3.05) is 36.9 Å². The maximum Gasteiger partial charge on any atom is 0.238 e. The second-order valence-corrected chi connectivity index (χ2v) is 6.90. The van der Waals surface area contributed by atoms with E-state index < -0.39 is 0 Å². The Balaban J connectivity index is 1.58. The minimum atomic E-state index is -0.311. The number of carbonyl (C=O) groups is 1. The van der Waals surface area contributed by atoms with E-state index in [4.69, 9.17) is 0 Å². The molecule has 1 heterocycles. The molecule has 1 amide bonds. The van der Waals surface area contributed by atoms with Crippen molar-refractivity contribution in [2.24, 2.45) is 0 Å². The third kappa shape index (κ3) is 5.05. The molecule has 1 aliphatic heterocycles. The van der Waals surface area contributed by atoms with E-state index in [2.05, 4.69) is 34.5 Å². The molecule has 4 nitrogen and oxygen atoms in total. The molecule has 1 fully saturated rings. The van der Waals surface area contributed by atoms with Gasteiger partial charge in [0.1, 0.15) is 5.82 Å². The molecule has 1 saturated heterocycles. The lowest BCUT2D eigenvalue weighted by molar-refractivity contribution is -0.117. The number of likely N-dealkylation sites (N-methyl/N-ethyl adjacent to an activating group) is 1. The summed E-state index contributed by atoms with van der Waals surface area (Å²) in [5.74, 6) is -0.413. The fraction of sp³-hybridized carbons (Fsp3) is 0.381. The Morgan fingerprint density at radius 2 is 1.77 bits per heavy atom. The third-order valence-corrected chi connectivity index (χ3v) is 4.67. The van der Waals surface area contributed by atoms with Crippen molar-refractivity contribution in [3.05, 3.63) is 59.9 Å². The average molecular weight is 355 g/mol. The first kappa shape index (κ1) is 18.4. The zero-order chi connectivity index (χ0) is 18.4. The van der Waals surface area contributed by atoms with Crippen molar-refractivity contribution in [2.45, 2.75) is 25.8 Å². The van der Waals surface area contributed by atoms with Gasteiger partial charge in [0.05, 0.1) is 6.54 Å². The minimum Gasteiger partial charge on any atom is -0.371 e. The molecule has 0 atom stereocenters. The molecule has 26 heavy (non-hydrogen) atoms. The molecule has 0 aliphatic carbocycles. The van der Waals surface area contributed by atoms with E-state index in [9.17, 15) is 9.18 Å². The number of halogens is 1. The first-order valence-corrected chi connectivity index (χ1v) is 9.18. The summed E-state index contributed by atoms with van der Waals surface area (Å²) in [6.07, 6.45) is 3.79. The molecule has 2 aromatic carbocycles. The quantitative estimate of drug-likeness (QED) is 0.854. The number of nitrogens with zero attached hydrogens (tertiary/aromatic N) is 2. The van der Waals surface area contributed by atoms with Crippen LogP contribution in [0.15, 0.2) is 48.5 Å². The first-order chi connectivity index (χ1) is 12.6. The van der Waals surface area contributed by atoms with Crippen LogP contribution in [-0.4, -0.2) is 37.5 Å². The van der Waals surface area contributed by atoms with Crippen LogP contribution in [0.5, 0.6) is 0 Å². The molecule has 2 aromatic rings. The lowest BCUT2D eigenvalue weighted by atomic mass is 10.1. The summed E-state index contributed by atoms with van der Waals surface area (Å²) in [5, 5.41) is 2.81. The number of hydrogen-bond donors (Lipinski definition) is 1. The summed E-state index contributed by atoms with van der Waals surface area (Å²) in [6, 6.07) is 14.3. The molecule has 1 aliphatic rings. The van der Waals surface area contributed by atoms with Gasteiger partial charge in [-0.25, -0.2) is 4.39 Å². The Morgan fingerprint density at radius 1 is 1.08 bits per heavy atom. The maximum absolute atomic E-state index is 12.9. The van der Waals surface area contributed by atoms with E-state index in [1.165, 1.54) is 42.6 Å². The van der Waals surface area contributed by atoms with Gasteiger partial charge in [-0.2, -0.15) is 0 Å². The predicted molar refractivity (Wildman–Crippen MR) is 104 cm³/mol. The van der Waals surface area contributed by atoms with Crippen LogP contribution in [0.3, 0.4) is 0 Å². The number of anilines is 2. The Bertz CT molecular complexity index is 726. The van der Waals surface area contributed by atoms with Crippen molar-refractivity contribution in [1.82, 2.24) is 4.90 Å². The average Bonchev–Trinajstić information content (AvgIpc) is 2.64. The fourth-order valence-electron chi connectivity index (χ4n) is 3.41. The lowest BCUT2D eigenvalue weighted by Crippen LogP contribution is -2.32. The number of carbonyl (C=O) groups excluding carboxylic acids is 1. The standard InChI is InChI=1S/C21H26FN3O/c1-24(16-21(26)23-19-11-9-18(22)10-12-19)15-17-7-3-4-8-20(17)25-13-5-2-6-14-25/h3-4,7-12H,2,5-6,13-16H2,1H3,(H,23,26). The summed E-state index contributed by atoms with van der Waals surface area (Å²) < 4.78 is 12.9. The molecule has 3 rings (SSSR count). The second-order valence-electron chi connectivity index (χ2n) is 6.90. The summed E-state index contributed by atoms with van der Waals surface area (Å²) in [5.41, 5.74) is 3.13.